The van der Waals surface area contributed by atoms with E-state index in [1.807, 2.05) is 50.4 Å². The third kappa shape index (κ3) is 4.35. The summed E-state index contributed by atoms with van der Waals surface area (Å²) in [7, 11) is 2.03. The second-order valence-electron chi connectivity index (χ2n) is 6.83. The van der Waals surface area contributed by atoms with Crippen molar-refractivity contribution in [3.63, 3.8) is 0 Å². The second kappa shape index (κ2) is 8.46. The molecule has 0 fully saturated rings. The van der Waals surface area contributed by atoms with Crippen molar-refractivity contribution in [2.45, 2.75) is 25.9 Å². The third-order valence-electron chi connectivity index (χ3n) is 4.51. The van der Waals surface area contributed by atoms with Gasteiger partial charge in [0.05, 0.1) is 23.2 Å². The van der Waals surface area contributed by atoms with Crippen LogP contribution in [0.1, 0.15) is 39.5 Å². The molecule has 0 aliphatic heterocycles. The molecule has 0 aliphatic rings. The lowest BCUT2D eigenvalue weighted by Gasteiger charge is -2.14. The summed E-state index contributed by atoms with van der Waals surface area (Å²) in [5, 5.41) is 7.48. The van der Waals surface area contributed by atoms with Crippen molar-refractivity contribution in [2.24, 2.45) is 0 Å². The molecule has 2 aromatic carbocycles. The molecule has 0 unspecified atom stereocenters. The van der Waals surface area contributed by atoms with Crippen molar-refractivity contribution in [3.8, 4) is 0 Å². The second-order valence-corrected chi connectivity index (χ2v) is 7.89. The van der Waals surface area contributed by atoms with Gasteiger partial charge in [0.2, 0.25) is 5.89 Å². The van der Waals surface area contributed by atoms with Gasteiger partial charge in [-0.1, -0.05) is 65.8 Å². The van der Waals surface area contributed by atoms with Crippen LogP contribution in [0, 0.1) is 6.92 Å². The standard InChI is InChI=1S/C22H22N4OS/c1-16-23-19(15-28-16)13-26(2)14-20-24-22(25-27-20)21(17-9-5-3-6-10-17)18-11-7-4-8-12-18/h3-12,15,21H,13-14H2,1-2H3. The first kappa shape index (κ1) is 18.5. The van der Waals surface area contributed by atoms with Gasteiger partial charge in [-0.15, -0.1) is 11.3 Å². The molecule has 28 heavy (non-hydrogen) atoms. The quantitative estimate of drug-likeness (QED) is 0.460. The zero-order chi connectivity index (χ0) is 19.3. The molecule has 0 bridgehead atoms. The first-order valence-electron chi connectivity index (χ1n) is 9.21. The van der Waals surface area contributed by atoms with Gasteiger partial charge in [-0.3, -0.25) is 4.90 Å². The average Bonchev–Trinajstić information content (AvgIpc) is 3.33. The van der Waals surface area contributed by atoms with E-state index in [9.17, 15) is 0 Å². The molecule has 5 nitrogen and oxygen atoms in total. The Bertz CT molecular complexity index is 974. The largest absolute Gasteiger partial charge is 0.338 e. The number of hydrogen-bond acceptors (Lipinski definition) is 6. The van der Waals surface area contributed by atoms with Gasteiger partial charge in [-0.05, 0) is 25.1 Å². The molecule has 142 valence electrons. The number of rotatable bonds is 7. The lowest BCUT2D eigenvalue weighted by Crippen LogP contribution is -2.17. The predicted molar refractivity (Wildman–Crippen MR) is 110 cm³/mol. The summed E-state index contributed by atoms with van der Waals surface area (Å²) < 4.78 is 5.58. The SMILES string of the molecule is Cc1nc(CN(C)Cc2nc(C(c3ccccc3)c3ccccc3)no2)cs1. The minimum absolute atomic E-state index is 0.0496. The van der Waals surface area contributed by atoms with Crippen molar-refractivity contribution in [1.82, 2.24) is 20.0 Å². The molecule has 0 atom stereocenters. The summed E-state index contributed by atoms with van der Waals surface area (Å²) in [5.74, 6) is 1.25. The first-order valence-corrected chi connectivity index (χ1v) is 10.1. The molecule has 4 rings (SSSR count). The Morgan fingerprint density at radius 3 is 2.14 bits per heavy atom. The molecular weight excluding hydrogens is 368 g/mol. The van der Waals surface area contributed by atoms with Crippen LogP contribution in [-0.4, -0.2) is 27.1 Å². The Hall–Kier alpha value is -2.83. The number of nitrogens with zero attached hydrogens (tertiary/aromatic N) is 4. The fourth-order valence-corrected chi connectivity index (χ4v) is 3.88. The van der Waals surface area contributed by atoms with Crippen LogP contribution in [-0.2, 0) is 13.1 Å². The zero-order valence-corrected chi connectivity index (χ0v) is 16.8. The summed E-state index contributed by atoms with van der Waals surface area (Å²) in [6.07, 6.45) is 0. The monoisotopic (exact) mass is 390 g/mol. The van der Waals surface area contributed by atoms with Crippen LogP contribution < -0.4 is 0 Å². The summed E-state index contributed by atoms with van der Waals surface area (Å²) in [6.45, 7) is 3.36. The number of thiazole rings is 1. The molecule has 2 aromatic heterocycles. The molecule has 4 aromatic rings. The van der Waals surface area contributed by atoms with Crippen molar-refractivity contribution in [1.29, 1.82) is 0 Å². The Kier molecular flexibility index (Phi) is 5.60. The van der Waals surface area contributed by atoms with E-state index in [1.54, 1.807) is 11.3 Å². The number of aryl methyl sites for hydroxylation is 1. The van der Waals surface area contributed by atoms with E-state index >= 15 is 0 Å². The molecule has 6 heteroatoms. The fraction of sp³-hybridized carbons (Fsp3) is 0.227. The Morgan fingerprint density at radius 1 is 0.929 bits per heavy atom. The highest BCUT2D eigenvalue weighted by Crippen LogP contribution is 2.29. The molecule has 0 saturated heterocycles. The van der Waals surface area contributed by atoms with Crippen molar-refractivity contribution >= 4 is 11.3 Å². The van der Waals surface area contributed by atoms with Crippen LogP contribution in [0.2, 0.25) is 0 Å². The van der Waals surface area contributed by atoms with Crippen LogP contribution in [0.3, 0.4) is 0 Å². The van der Waals surface area contributed by atoms with Crippen LogP contribution >= 0.6 is 11.3 Å². The van der Waals surface area contributed by atoms with Gasteiger partial charge >= 0.3 is 0 Å². The van der Waals surface area contributed by atoms with E-state index < -0.39 is 0 Å². The fourth-order valence-electron chi connectivity index (χ4n) is 3.28. The van der Waals surface area contributed by atoms with Crippen molar-refractivity contribution < 1.29 is 4.52 Å². The highest BCUT2D eigenvalue weighted by molar-refractivity contribution is 7.09. The first-order chi connectivity index (χ1) is 13.7. The lowest BCUT2D eigenvalue weighted by atomic mass is 9.91. The van der Waals surface area contributed by atoms with E-state index in [0.717, 1.165) is 28.4 Å². The summed E-state index contributed by atoms with van der Waals surface area (Å²) in [5.41, 5.74) is 3.36. The number of hydrogen-bond donors (Lipinski definition) is 0. The van der Waals surface area contributed by atoms with E-state index in [0.29, 0.717) is 18.3 Å². The minimum Gasteiger partial charge on any atom is -0.338 e. The molecule has 0 amide bonds. The lowest BCUT2D eigenvalue weighted by molar-refractivity contribution is 0.258. The van der Waals surface area contributed by atoms with Gasteiger partial charge in [0.25, 0.3) is 0 Å². The molecule has 0 spiro atoms. The zero-order valence-electron chi connectivity index (χ0n) is 15.9. The molecule has 2 heterocycles. The Balaban J connectivity index is 1.55. The maximum absolute atomic E-state index is 5.58. The van der Waals surface area contributed by atoms with Crippen molar-refractivity contribution in [2.75, 3.05) is 7.05 Å². The van der Waals surface area contributed by atoms with Gasteiger partial charge in [-0.25, -0.2) is 4.98 Å². The normalized spacial score (nSPS) is 11.4. The number of aromatic nitrogens is 3. The van der Waals surface area contributed by atoms with E-state index in [4.69, 9.17) is 9.51 Å². The van der Waals surface area contributed by atoms with Crippen LogP contribution in [0.4, 0.5) is 0 Å². The summed E-state index contributed by atoms with van der Waals surface area (Å²) in [6, 6.07) is 20.6. The molecule has 0 radical (unpaired) electrons. The molecule has 0 saturated carbocycles. The van der Waals surface area contributed by atoms with E-state index in [-0.39, 0.29) is 5.92 Å². The average molecular weight is 391 g/mol. The van der Waals surface area contributed by atoms with E-state index in [2.05, 4.69) is 44.7 Å². The maximum atomic E-state index is 5.58. The maximum Gasteiger partial charge on any atom is 0.240 e. The van der Waals surface area contributed by atoms with Gasteiger partial charge in [0.1, 0.15) is 0 Å². The Morgan fingerprint density at radius 2 is 1.57 bits per heavy atom. The molecule has 0 N–H and O–H groups in total. The predicted octanol–water partition coefficient (Wildman–Crippen LogP) is 4.65. The van der Waals surface area contributed by atoms with E-state index in [1.165, 1.54) is 0 Å². The van der Waals surface area contributed by atoms with Gasteiger partial charge in [-0.2, -0.15) is 4.98 Å². The number of benzene rings is 2. The highest BCUT2D eigenvalue weighted by atomic mass is 32.1. The highest BCUT2D eigenvalue weighted by Gasteiger charge is 2.22. The topological polar surface area (TPSA) is 55.1 Å². The third-order valence-corrected chi connectivity index (χ3v) is 5.33. The van der Waals surface area contributed by atoms with Crippen molar-refractivity contribution in [3.05, 3.63) is 99.6 Å². The molecular formula is C22H22N4OS. The van der Waals surface area contributed by atoms with Crippen LogP contribution in [0.15, 0.2) is 70.6 Å². The van der Waals surface area contributed by atoms with Gasteiger partial charge in [0.15, 0.2) is 5.82 Å². The van der Waals surface area contributed by atoms with Crippen LogP contribution in [0.5, 0.6) is 0 Å². The van der Waals surface area contributed by atoms with Crippen LogP contribution in [0.25, 0.3) is 0 Å². The Labute approximate surface area is 168 Å². The van der Waals surface area contributed by atoms with Gasteiger partial charge < -0.3 is 4.52 Å². The minimum atomic E-state index is -0.0496. The smallest absolute Gasteiger partial charge is 0.240 e. The summed E-state index contributed by atoms with van der Waals surface area (Å²) >= 11 is 1.67. The molecule has 0 aliphatic carbocycles. The summed E-state index contributed by atoms with van der Waals surface area (Å²) in [4.78, 5) is 11.4. The van der Waals surface area contributed by atoms with Gasteiger partial charge in [0, 0.05) is 11.9 Å².